The summed E-state index contributed by atoms with van der Waals surface area (Å²) >= 11 is 0. The molecule has 1 aliphatic carbocycles. The zero-order valence-electron chi connectivity index (χ0n) is 32.7. The topological polar surface area (TPSA) is 50.2 Å². The number of benzene rings is 4. The van der Waals surface area contributed by atoms with Crippen LogP contribution in [0.15, 0.2) is 78.6 Å². The van der Waals surface area contributed by atoms with Gasteiger partial charge in [-0.25, -0.2) is 8.78 Å². The monoisotopic (exact) mass is 895 g/mol. The Morgan fingerprint density at radius 3 is 2.23 bits per heavy atom. The first kappa shape index (κ1) is 42.0. The van der Waals surface area contributed by atoms with Gasteiger partial charge in [-0.2, -0.15) is 0 Å². The molecule has 3 nitrogen and oxygen atoms in total. The number of aliphatic hydroxyl groups is 1. The van der Waals surface area contributed by atoms with Gasteiger partial charge in [0.2, 0.25) is 0 Å². The molecule has 0 saturated carbocycles. The Morgan fingerprint density at radius 1 is 0.925 bits per heavy atom. The van der Waals surface area contributed by atoms with Crippen LogP contribution in [0.5, 0.6) is 0 Å². The molecule has 0 fully saturated rings. The fourth-order valence-corrected chi connectivity index (χ4v) is 7.64. The van der Waals surface area contributed by atoms with Crippen molar-refractivity contribution in [1.29, 1.82) is 0 Å². The summed E-state index contributed by atoms with van der Waals surface area (Å²) in [4.78, 5) is 16.8. The smallest absolute Gasteiger partial charge is 0.273 e. The molecule has 1 radical (unpaired) electrons. The Kier molecular flexibility index (Phi) is 13.6. The van der Waals surface area contributed by atoms with E-state index in [1.165, 1.54) is 17.0 Å². The van der Waals surface area contributed by atoms with Gasteiger partial charge in [0.1, 0.15) is 0 Å². The SMILES string of the molecule is CCC(CC)C(=O)/C=C(\O)C(CC)CC.Cc1cc(C)c2c(-c3ccc4c(c3)CCC4(F)F)cc(-c3[c-]c4ccccc4c(C(C)(C)C)c3)nc2c1.[Ir]. The summed E-state index contributed by atoms with van der Waals surface area (Å²) in [6.07, 6.45) is 5.19. The average molecular weight is 895 g/mol. The molecule has 1 aliphatic rings. The van der Waals surface area contributed by atoms with E-state index in [9.17, 15) is 18.7 Å². The number of ketones is 1. The first-order valence-corrected chi connectivity index (χ1v) is 19.0. The van der Waals surface area contributed by atoms with Gasteiger partial charge in [-0.05, 0) is 85.3 Å². The molecule has 1 N–H and O–H groups in total. The second kappa shape index (κ2) is 17.2. The number of hydrogen-bond donors (Lipinski definition) is 1. The minimum absolute atomic E-state index is 0. The van der Waals surface area contributed by atoms with Crippen LogP contribution in [0.4, 0.5) is 8.78 Å². The molecule has 0 saturated heterocycles. The zero-order chi connectivity index (χ0) is 38.0. The number of pyridine rings is 1. The van der Waals surface area contributed by atoms with Crippen molar-refractivity contribution in [3.05, 3.63) is 112 Å². The van der Waals surface area contributed by atoms with Crippen LogP contribution in [-0.2, 0) is 42.7 Å². The molecular weight excluding hydrogens is 841 g/mol. The predicted octanol–water partition coefficient (Wildman–Crippen LogP) is 13.3. The van der Waals surface area contributed by atoms with Gasteiger partial charge in [-0.15, -0.1) is 29.1 Å². The molecule has 53 heavy (non-hydrogen) atoms. The summed E-state index contributed by atoms with van der Waals surface area (Å²) in [7, 11) is 0. The maximum absolute atomic E-state index is 14.4. The molecule has 0 aliphatic heterocycles. The van der Waals surface area contributed by atoms with Crippen molar-refractivity contribution in [3.63, 3.8) is 0 Å². The normalized spacial score (nSPS) is 13.9. The van der Waals surface area contributed by atoms with Gasteiger partial charge in [0.25, 0.3) is 5.92 Å². The van der Waals surface area contributed by atoms with Crippen molar-refractivity contribution in [3.8, 4) is 22.4 Å². The minimum atomic E-state index is -2.74. The van der Waals surface area contributed by atoms with E-state index < -0.39 is 5.92 Å². The summed E-state index contributed by atoms with van der Waals surface area (Å²) in [5.41, 5.74) is 9.05. The molecule has 4 aromatic carbocycles. The number of alkyl halides is 2. The van der Waals surface area contributed by atoms with E-state index in [2.05, 4.69) is 83.1 Å². The number of hydrogen-bond acceptors (Lipinski definition) is 3. The van der Waals surface area contributed by atoms with Crippen LogP contribution < -0.4 is 0 Å². The number of carbonyl (C=O) groups is 1. The fraction of sp³-hybridized carbons (Fsp3) is 0.404. The van der Waals surface area contributed by atoms with Crippen LogP contribution in [0, 0.1) is 31.7 Å². The molecule has 0 spiro atoms. The molecule has 0 unspecified atom stereocenters. The number of rotatable bonds is 9. The Balaban J connectivity index is 0.000000335. The first-order valence-electron chi connectivity index (χ1n) is 19.0. The predicted molar refractivity (Wildman–Crippen MR) is 213 cm³/mol. The van der Waals surface area contributed by atoms with Crippen molar-refractivity contribution in [2.45, 2.75) is 112 Å². The third-order valence-electron chi connectivity index (χ3n) is 10.7. The number of allylic oxidation sites excluding steroid dienone is 2. The number of aliphatic hydroxyl groups excluding tert-OH is 1. The van der Waals surface area contributed by atoms with E-state index in [0.717, 1.165) is 81.0 Å². The van der Waals surface area contributed by atoms with Crippen molar-refractivity contribution < 1.29 is 38.8 Å². The second-order valence-electron chi connectivity index (χ2n) is 15.5. The molecule has 6 heteroatoms. The quantitative estimate of drug-likeness (QED) is 0.0911. The van der Waals surface area contributed by atoms with E-state index in [1.54, 1.807) is 6.07 Å². The molecule has 1 heterocycles. The maximum Gasteiger partial charge on any atom is 0.273 e. The number of nitrogens with zero attached hydrogens (tertiary/aromatic N) is 1. The average Bonchev–Trinajstić information content (AvgIpc) is 3.41. The van der Waals surface area contributed by atoms with Gasteiger partial charge in [0.05, 0.1) is 11.3 Å². The van der Waals surface area contributed by atoms with Crippen molar-refractivity contribution >= 4 is 27.5 Å². The summed E-state index contributed by atoms with van der Waals surface area (Å²) in [5, 5.41) is 13.1. The van der Waals surface area contributed by atoms with E-state index >= 15 is 0 Å². The Bertz CT molecular complexity index is 2120. The van der Waals surface area contributed by atoms with Gasteiger partial charge in [-0.3, -0.25) is 9.78 Å². The number of aromatic nitrogens is 1. The van der Waals surface area contributed by atoms with Gasteiger partial charge in [0, 0.05) is 61.1 Å². The van der Waals surface area contributed by atoms with Crippen LogP contribution in [0.3, 0.4) is 0 Å². The summed E-state index contributed by atoms with van der Waals surface area (Å²) in [6.45, 7) is 18.9. The van der Waals surface area contributed by atoms with Crippen LogP contribution in [0.2, 0.25) is 0 Å². The van der Waals surface area contributed by atoms with Gasteiger partial charge >= 0.3 is 0 Å². The third-order valence-corrected chi connectivity index (χ3v) is 10.7. The molecule has 1 aromatic heterocycles. The van der Waals surface area contributed by atoms with Crippen molar-refractivity contribution in [1.82, 2.24) is 4.98 Å². The van der Waals surface area contributed by atoms with E-state index in [0.29, 0.717) is 6.42 Å². The number of aryl methyl sites for hydroxylation is 3. The van der Waals surface area contributed by atoms with E-state index in [1.807, 2.05) is 45.9 Å². The van der Waals surface area contributed by atoms with Crippen molar-refractivity contribution in [2.75, 3.05) is 0 Å². The van der Waals surface area contributed by atoms with E-state index in [4.69, 9.17) is 4.98 Å². The summed E-state index contributed by atoms with van der Waals surface area (Å²) < 4.78 is 28.7. The third kappa shape index (κ3) is 9.15. The van der Waals surface area contributed by atoms with Crippen molar-refractivity contribution in [2.24, 2.45) is 11.8 Å². The Morgan fingerprint density at radius 2 is 1.58 bits per heavy atom. The molecular formula is C47H54F2IrNO2-. The molecule has 0 bridgehead atoms. The number of halogens is 2. The summed E-state index contributed by atoms with van der Waals surface area (Å²) in [5.74, 6) is -2.19. The Labute approximate surface area is 328 Å². The van der Waals surface area contributed by atoms with Gasteiger partial charge in [-0.1, -0.05) is 108 Å². The minimum Gasteiger partial charge on any atom is -0.512 e. The molecule has 6 rings (SSSR count). The molecule has 5 aromatic rings. The Hall–Kier alpha value is -3.73. The van der Waals surface area contributed by atoms with E-state index in [-0.39, 0.29) is 60.9 Å². The molecule has 0 atom stereocenters. The standard InChI is InChI=1S/C34H30F2N.C13H24O2.Ir/c1-20-14-21(2)32-27(23-10-11-28-24(16-23)12-13-34(28,35)36)19-30(37-31(32)15-20)25-17-22-8-6-7-9-26(22)29(18-25)33(3,4)5;1-5-10(6-2)12(14)9-13(15)11(7-3)8-4;/h6-11,14-16,18-19H,12-13H2,1-5H3;9-11,14H,5-8H2,1-4H3;/q-1;;/b;12-9-;. The molecule has 0 amide bonds. The second-order valence-corrected chi connectivity index (χ2v) is 15.5. The maximum atomic E-state index is 14.4. The van der Waals surface area contributed by atoms with Crippen LogP contribution in [-0.4, -0.2) is 15.9 Å². The van der Waals surface area contributed by atoms with Crippen LogP contribution >= 0.6 is 0 Å². The van der Waals surface area contributed by atoms with Gasteiger partial charge in [0.15, 0.2) is 5.78 Å². The largest absolute Gasteiger partial charge is 0.512 e. The fourth-order valence-electron chi connectivity index (χ4n) is 7.64. The van der Waals surface area contributed by atoms with Crippen LogP contribution in [0.1, 0.15) is 108 Å². The van der Waals surface area contributed by atoms with Gasteiger partial charge < -0.3 is 5.11 Å². The number of fused-ring (bicyclic) bond motifs is 3. The van der Waals surface area contributed by atoms with Crippen LogP contribution in [0.25, 0.3) is 44.1 Å². The first-order chi connectivity index (χ1) is 24.6. The number of carbonyl (C=O) groups excluding carboxylic acids is 1. The molecule has 283 valence electrons. The summed E-state index contributed by atoms with van der Waals surface area (Å²) in [6, 6.07) is 26.0. The zero-order valence-corrected chi connectivity index (χ0v) is 35.1.